The number of likely N-dealkylation sites (tertiary alicyclic amines) is 1. The van der Waals surface area contributed by atoms with E-state index in [4.69, 9.17) is 15.5 Å². The molecule has 1 rings (SSSR count). The molecule has 1 heterocycles. The van der Waals surface area contributed by atoms with Crippen molar-refractivity contribution in [3.05, 3.63) is 12.7 Å². The zero-order valence-electron chi connectivity index (χ0n) is 8.54. The van der Waals surface area contributed by atoms with Gasteiger partial charge in [-0.15, -0.1) is 6.58 Å². The van der Waals surface area contributed by atoms with Crippen LogP contribution in [0.3, 0.4) is 0 Å². The Balaban J connectivity index is 3.02. The molecule has 1 fully saturated rings. The third-order valence-corrected chi connectivity index (χ3v) is 2.75. The van der Waals surface area contributed by atoms with Gasteiger partial charge >= 0.3 is 12.1 Å². The third kappa shape index (κ3) is 1.98. The van der Waals surface area contributed by atoms with Crippen LogP contribution in [0.2, 0.25) is 0 Å². The molecule has 1 aliphatic rings. The zero-order chi connectivity index (χ0) is 12.3. The smallest absolute Gasteiger partial charge is 0.408 e. The maximum absolute atomic E-state index is 11.0. The average Bonchev–Trinajstić information content (AvgIpc) is 2.57. The maximum atomic E-state index is 11.0. The summed E-state index contributed by atoms with van der Waals surface area (Å²) in [6, 6.07) is 0.800. The van der Waals surface area contributed by atoms with Crippen molar-refractivity contribution >= 4 is 12.1 Å². The highest BCUT2D eigenvalue weighted by atomic mass is 16.4. The van der Waals surface area contributed by atoms with Gasteiger partial charge in [-0.05, 0) is 6.42 Å². The monoisotopic (exact) mass is 224 g/mol. The number of carboxylic acids is 1. The largest absolute Gasteiger partial charge is 0.480 e. The molecule has 3 atom stereocenters. The summed E-state index contributed by atoms with van der Waals surface area (Å²) in [7, 11) is 0. The molecule has 1 aliphatic heterocycles. The van der Waals surface area contributed by atoms with Crippen molar-refractivity contribution in [3.8, 4) is 6.07 Å². The molecular formula is C10H12N2O4. The summed E-state index contributed by atoms with van der Waals surface area (Å²) in [5.41, 5.74) is 0. The molecule has 2 N–H and O–H groups in total. The van der Waals surface area contributed by atoms with Gasteiger partial charge < -0.3 is 10.2 Å². The number of carboxylic acid groups (broad SMARTS) is 2. The van der Waals surface area contributed by atoms with Gasteiger partial charge in [-0.1, -0.05) is 6.08 Å². The fourth-order valence-corrected chi connectivity index (χ4v) is 2.05. The van der Waals surface area contributed by atoms with Crippen LogP contribution in [0.15, 0.2) is 12.7 Å². The summed E-state index contributed by atoms with van der Waals surface area (Å²) in [6.07, 6.45) is 0.522. The number of nitrogens with zero attached hydrogens (tertiary/aromatic N) is 2. The highest BCUT2D eigenvalue weighted by Crippen LogP contribution is 2.32. The Hall–Kier alpha value is -2.03. The van der Waals surface area contributed by atoms with Crippen molar-refractivity contribution in [2.75, 3.05) is 6.54 Å². The van der Waals surface area contributed by atoms with Crippen molar-refractivity contribution in [1.82, 2.24) is 4.90 Å². The summed E-state index contributed by atoms with van der Waals surface area (Å²) in [4.78, 5) is 22.7. The topological polar surface area (TPSA) is 102 Å². The van der Waals surface area contributed by atoms with Gasteiger partial charge in [0.25, 0.3) is 0 Å². The van der Waals surface area contributed by atoms with Gasteiger partial charge in [-0.2, -0.15) is 5.26 Å². The molecule has 0 aromatic rings. The first kappa shape index (κ1) is 12.0. The minimum absolute atomic E-state index is 0.0543. The van der Waals surface area contributed by atoms with Gasteiger partial charge in [-0.25, -0.2) is 9.59 Å². The molecular weight excluding hydrogens is 212 g/mol. The first-order chi connectivity index (χ1) is 7.52. The molecule has 0 aliphatic carbocycles. The van der Waals surface area contributed by atoms with Crippen LogP contribution in [0.1, 0.15) is 6.42 Å². The lowest BCUT2D eigenvalue weighted by atomic mass is 9.88. The van der Waals surface area contributed by atoms with E-state index in [0.29, 0.717) is 6.42 Å². The van der Waals surface area contributed by atoms with Crippen molar-refractivity contribution in [2.24, 2.45) is 11.8 Å². The number of aliphatic carboxylic acids is 1. The summed E-state index contributed by atoms with van der Waals surface area (Å²) < 4.78 is 0. The summed E-state index contributed by atoms with van der Waals surface area (Å²) in [6.45, 7) is 3.43. The van der Waals surface area contributed by atoms with Crippen LogP contribution in [0.4, 0.5) is 4.79 Å². The van der Waals surface area contributed by atoms with Crippen LogP contribution in [0, 0.1) is 23.2 Å². The Morgan fingerprint density at radius 2 is 2.19 bits per heavy atom. The fraction of sp³-hybridized carbons (Fsp3) is 0.500. The predicted molar refractivity (Wildman–Crippen MR) is 53.6 cm³/mol. The van der Waals surface area contributed by atoms with Crippen molar-refractivity contribution in [3.63, 3.8) is 0 Å². The minimum atomic E-state index is -1.31. The van der Waals surface area contributed by atoms with E-state index in [1.807, 2.05) is 6.07 Å². The molecule has 0 radical (unpaired) electrons. The van der Waals surface area contributed by atoms with Gasteiger partial charge in [-0.3, -0.25) is 4.90 Å². The number of hydrogen-bond donors (Lipinski definition) is 2. The number of hydrogen-bond acceptors (Lipinski definition) is 3. The number of amides is 1. The highest BCUT2D eigenvalue weighted by molar-refractivity contribution is 5.80. The van der Waals surface area contributed by atoms with E-state index >= 15 is 0 Å². The van der Waals surface area contributed by atoms with Gasteiger partial charge in [0.15, 0.2) is 0 Å². The van der Waals surface area contributed by atoms with E-state index < -0.39 is 29.9 Å². The van der Waals surface area contributed by atoms with Crippen LogP contribution in [0.25, 0.3) is 0 Å². The van der Waals surface area contributed by atoms with Crippen LogP contribution in [-0.2, 0) is 4.79 Å². The zero-order valence-corrected chi connectivity index (χ0v) is 8.54. The van der Waals surface area contributed by atoms with E-state index in [-0.39, 0.29) is 6.54 Å². The Bertz CT molecular complexity index is 360. The first-order valence-electron chi connectivity index (χ1n) is 4.75. The van der Waals surface area contributed by atoms with E-state index in [9.17, 15) is 9.59 Å². The fourth-order valence-electron chi connectivity index (χ4n) is 2.05. The third-order valence-electron chi connectivity index (χ3n) is 2.75. The molecule has 0 bridgehead atoms. The van der Waals surface area contributed by atoms with Crippen molar-refractivity contribution < 1.29 is 19.8 Å². The predicted octanol–water partition coefficient (Wildman–Crippen LogP) is 0.765. The number of nitriles is 1. The average molecular weight is 224 g/mol. The lowest BCUT2D eigenvalue weighted by Crippen LogP contribution is -2.42. The second-order valence-corrected chi connectivity index (χ2v) is 3.64. The molecule has 0 saturated carbocycles. The second-order valence-electron chi connectivity index (χ2n) is 3.64. The van der Waals surface area contributed by atoms with Crippen LogP contribution < -0.4 is 0 Å². The summed E-state index contributed by atoms with van der Waals surface area (Å²) >= 11 is 0. The first-order valence-corrected chi connectivity index (χ1v) is 4.75. The molecule has 6 nitrogen and oxygen atoms in total. The Kier molecular flexibility index (Phi) is 3.51. The second kappa shape index (κ2) is 4.66. The number of carbonyl (C=O) groups is 2. The molecule has 86 valence electrons. The van der Waals surface area contributed by atoms with Crippen molar-refractivity contribution in [1.29, 1.82) is 5.26 Å². The van der Waals surface area contributed by atoms with Crippen LogP contribution in [-0.4, -0.2) is 39.8 Å². The van der Waals surface area contributed by atoms with Gasteiger partial charge in [0.2, 0.25) is 0 Å². The minimum Gasteiger partial charge on any atom is -0.480 e. The highest BCUT2D eigenvalue weighted by Gasteiger charge is 2.47. The van der Waals surface area contributed by atoms with Gasteiger partial charge in [0.05, 0.1) is 12.0 Å². The number of rotatable bonds is 3. The summed E-state index contributed by atoms with van der Waals surface area (Å²) in [5.74, 6) is -2.32. The lowest BCUT2D eigenvalue weighted by molar-refractivity contribution is -0.142. The lowest BCUT2D eigenvalue weighted by Gasteiger charge is -2.21. The molecule has 2 unspecified atom stereocenters. The molecule has 0 aromatic carbocycles. The maximum Gasteiger partial charge on any atom is 0.408 e. The standard InChI is InChI=1S/C10H12N2O4/c1-2-3-7-6(4-11)5-12(10(15)16)8(7)9(13)14/h2,6-8H,1,3,5H2,(H,13,14)(H,15,16)/t6?,7?,8-/m0/s1. The normalized spacial score (nSPS) is 28.4. The molecule has 0 aromatic heterocycles. The number of allylic oxidation sites excluding steroid dienone is 1. The molecule has 0 spiro atoms. The summed E-state index contributed by atoms with van der Waals surface area (Å²) in [5, 5.41) is 26.7. The Morgan fingerprint density at radius 1 is 1.56 bits per heavy atom. The van der Waals surface area contributed by atoms with Crippen molar-refractivity contribution in [2.45, 2.75) is 12.5 Å². The molecule has 16 heavy (non-hydrogen) atoms. The Labute approximate surface area is 92.4 Å². The Morgan fingerprint density at radius 3 is 2.56 bits per heavy atom. The molecule has 1 saturated heterocycles. The van der Waals surface area contributed by atoms with Gasteiger partial charge in [0.1, 0.15) is 6.04 Å². The van der Waals surface area contributed by atoms with Crippen LogP contribution in [0.5, 0.6) is 0 Å². The molecule has 1 amide bonds. The van der Waals surface area contributed by atoms with E-state index in [2.05, 4.69) is 6.58 Å². The van der Waals surface area contributed by atoms with E-state index in [0.717, 1.165) is 4.90 Å². The molecule has 6 heteroatoms. The van der Waals surface area contributed by atoms with E-state index in [1.54, 1.807) is 0 Å². The van der Waals surface area contributed by atoms with E-state index in [1.165, 1.54) is 6.08 Å². The quantitative estimate of drug-likeness (QED) is 0.689. The van der Waals surface area contributed by atoms with Gasteiger partial charge in [0, 0.05) is 12.5 Å². The van der Waals surface area contributed by atoms with Crippen LogP contribution >= 0.6 is 0 Å². The SMILES string of the molecule is C=CCC1C(C#N)CN(C(=O)O)[C@@H]1C(=O)O.